The highest BCUT2D eigenvalue weighted by atomic mass is 16.6. The van der Waals surface area contributed by atoms with E-state index in [9.17, 15) is 14.9 Å². The van der Waals surface area contributed by atoms with Crippen molar-refractivity contribution in [3.05, 3.63) is 34.0 Å². The van der Waals surface area contributed by atoms with Gasteiger partial charge in [0.1, 0.15) is 0 Å². The van der Waals surface area contributed by atoms with Crippen LogP contribution >= 0.6 is 0 Å². The summed E-state index contributed by atoms with van der Waals surface area (Å²) in [6, 6.07) is 2.66. The molecule has 86 valence electrons. The van der Waals surface area contributed by atoms with Gasteiger partial charge in [-0.2, -0.15) is 0 Å². The fraction of sp³-hybridized carbons (Fsp3) is 0.400. The lowest BCUT2D eigenvalue weighted by molar-refractivity contribution is -0.389. The van der Waals surface area contributed by atoms with E-state index in [1.165, 1.54) is 18.3 Å². The normalized spacial score (nSPS) is 9.88. The van der Waals surface area contributed by atoms with Crippen LogP contribution < -0.4 is 0 Å². The van der Waals surface area contributed by atoms with Crippen LogP contribution in [-0.4, -0.2) is 33.8 Å². The lowest BCUT2D eigenvalue weighted by atomic mass is 10.2. The third-order valence-electron chi connectivity index (χ3n) is 2.23. The average Bonchev–Trinajstić information content (AvgIpc) is 2.30. The molecule has 0 saturated heterocycles. The van der Waals surface area contributed by atoms with Crippen LogP contribution in [-0.2, 0) is 0 Å². The average molecular weight is 223 g/mol. The zero-order chi connectivity index (χ0) is 12.1. The van der Waals surface area contributed by atoms with E-state index in [-0.39, 0.29) is 11.7 Å². The van der Waals surface area contributed by atoms with Crippen LogP contribution in [0.25, 0.3) is 0 Å². The molecule has 1 aromatic heterocycles. The molecule has 0 aliphatic heterocycles. The van der Waals surface area contributed by atoms with Crippen molar-refractivity contribution in [2.24, 2.45) is 0 Å². The molecule has 0 bridgehead atoms. The minimum atomic E-state index is -0.592. The quantitative estimate of drug-likeness (QED) is 0.572. The molecule has 0 spiro atoms. The summed E-state index contributed by atoms with van der Waals surface area (Å²) in [5.41, 5.74) is 0.370. The Bertz CT molecular complexity index is 385. The molecule has 0 unspecified atom stereocenters. The van der Waals surface area contributed by atoms with Crippen LogP contribution in [0.3, 0.4) is 0 Å². The Morgan fingerprint density at radius 3 is 2.44 bits per heavy atom. The van der Waals surface area contributed by atoms with Crippen LogP contribution in [0.2, 0.25) is 0 Å². The lowest BCUT2D eigenvalue weighted by Gasteiger charge is -2.17. The summed E-state index contributed by atoms with van der Waals surface area (Å²) in [5, 5.41) is 10.4. The number of carbonyl (C=O) groups is 1. The van der Waals surface area contributed by atoms with Crippen LogP contribution in [0, 0.1) is 10.1 Å². The standard InChI is InChI=1S/C10H13N3O3/c1-3-12(4-2)10(14)8-5-6-9(11-7-8)13(15)16/h5-7H,3-4H2,1-2H3. The van der Waals surface area contributed by atoms with Crippen LogP contribution in [0.1, 0.15) is 24.2 Å². The summed E-state index contributed by atoms with van der Waals surface area (Å²) in [6.45, 7) is 4.96. The first-order chi connectivity index (χ1) is 7.60. The van der Waals surface area contributed by atoms with Gasteiger partial charge in [-0.15, -0.1) is 0 Å². The maximum absolute atomic E-state index is 11.8. The number of aromatic nitrogens is 1. The summed E-state index contributed by atoms with van der Waals surface area (Å²) in [5.74, 6) is -0.413. The second-order valence-electron chi connectivity index (χ2n) is 3.14. The molecular formula is C10H13N3O3. The molecule has 0 radical (unpaired) electrons. The molecule has 1 rings (SSSR count). The minimum absolute atomic E-state index is 0.160. The Labute approximate surface area is 93.1 Å². The van der Waals surface area contributed by atoms with Crippen LogP contribution in [0.15, 0.2) is 18.3 Å². The highest BCUT2D eigenvalue weighted by molar-refractivity contribution is 5.93. The predicted octanol–water partition coefficient (Wildman–Crippen LogP) is 1.47. The lowest BCUT2D eigenvalue weighted by Crippen LogP contribution is -2.30. The zero-order valence-corrected chi connectivity index (χ0v) is 9.21. The summed E-state index contributed by atoms with van der Waals surface area (Å²) in [6.07, 6.45) is 1.23. The molecule has 6 heteroatoms. The summed E-state index contributed by atoms with van der Waals surface area (Å²) < 4.78 is 0. The van der Waals surface area contributed by atoms with Gasteiger partial charge in [-0.25, -0.2) is 0 Å². The first kappa shape index (κ1) is 12.1. The Kier molecular flexibility index (Phi) is 3.93. The summed E-state index contributed by atoms with van der Waals surface area (Å²) in [4.78, 5) is 26.8. The number of nitro groups is 1. The first-order valence-electron chi connectivity index (χ1n) is 4.99. The molecule has 1 heterocycles. The molecule has 16 heavy (non-hydrogen) atoms. The van der Waals surface area contributed by atoms with Crippen molar-refractivity contribution in [3.8, 4) is 0 Å². The number of rotatable bonds is 4. The number of hydrogen-bond donors (Lipinski definition) is 0. The SMILES string of the molecule is CCN(CC)C(=O)c1ccc([N+](=O)[O-])nc1. The molecule has 0 aliphatic rings. The maximum atomic E-state index is 11.8. The molecular weight excluding hydrogens is 210 g/mol. The van der Waals surface area contributed by atoms with Crippen molar-refractivity contribution in [1.29, 1.82) is 0 Å². The van der Waals surface area contributed by atoms with Crippen molar-refractivity contribution in [1.82, 2.24) is 9.88 Å². The third kappa shape index (κ3) is 2.53. The van der Waals surface area contributed by atoms with E-state index < -0.39 is 4.92 Å². The van der Waals surface area contributed by atoms with Gasteiger partial charge >= 0.3 is 5.82 Å². The van der Waals surface area contributed by atoms with E-state index in [1.54, 1.807) is 4.90 Å². The Balaban J connectivity index is 2.89. The fourth-order valence-corrected chi connectivity index (χ4v) is 1.31. The number of hydrogen-bond acceptors (Lipinski definition) is 4. The van der Waals surface area contributed by atoms with E-state index >= 15 is 0 Å². The zero-order valence-electron chi connectivity index (χ0n) is 9.21. The molecule has 0 fully saturated rings. The van der Waals surface area contributed by atoms with Crippen molar-refractivity contribution < 1.29 is 9.72 Å². The molecule has 6 nitrogen and oxygen atoms in total. The Hall–Kier alpha value is -1.98. The van der Waals surface area contributed by atoms with Gasteiger partial charge in [-0.3, -0.25) is 4.79 Å². The number of amides is 1. The molecule has 0 aromatic carbocycles. The van der Waals surface area contributed by atoms with E-state index in [4.69, 9.17) is 0 Å². The number of nitrogens with zero attached hydrogens (tertiary/aromatic N) is 3. The Morgan fingerprint density at radius 1 is 1.44 bits per heavy atom. The molecule has 1 amide bonds. The fourth-order valence-electron chi connectivity index (χ4n) is 1.31. The van der Waals surface area contributed by atoms with Gasteiger partial charge in [0.25, 0.3) is 5.91 Å². The molecule has 0 aliphatic carbocycles. The van der Waals surface area contributed by atoms with Crippen molar-refractivity contribution in [2.45, 2.75) is 13.8 Å². The van der Waals surface area contributed by atoms with Gasteiger partial charge in [-0.05, 0) is 29.8 Å². The van der Waals surface area contributed by atoms with Gasteiger partial charge < -0.3 is 15.0 Å². The van der Waals surface area contributed by atoms with Gasteiger partial charge in [0.05, 0.1) is 5.56 Å². The second-order valence-corrected chi connectivity index (χ2v) is 3.14. The maximum Gasteiger partial charge on any atom is 0.363 e. The Morgan fingerprint density at radius 2 is 2.06 bits per heavy atom. The van der Waals surface area contributed by atoms with Gasteiger partial charge in [0.2, 0.25) is 0 Å². The van der Waals surface area contributed by atoms with Crippen molar-refractivity contribution in [3.63, 3.8) is 0 Å². The minimum Gasteiger partial charge on any atom is -0.358 e. The smallest absolute Gasteiger partial charge is 0.358 e. The number of pyridine rings is 1. The molecule has 0 N–H and O–H groups in total. The molecule has 0 atom stereocenters. The highest BCUT2D eigenvalue weighted by Gasteiger charge is 2.15. The summed E-state index contributed by atoms with van der Waals surface area (Å²) >= 11 is 0. The van der Waals surface area contributed by atoms with Gasteiger partial charge in [0, 0.05) is 19.2 Å². The summed E-state index contributed by atoms with van der Waals surface area (Å²) in [7, 11) is 0. The van der Waals surface area contributed by atoms with E-state index in [0.29, 0.717) is 18.7 Å². The second kappa shape index (κ2) is 5.20. The van der Waals surface area contributed by atoms with E-state index in [0.717, 1.165) is 0 Å². The van der Waals surface area contributed by atoms with Crippen molar-refractivity contribution in [2.75, 3.05) is 13.1 Å². The first-order valence-corrected chi connectivity index (χ1v) is 4.99. The largest absolute Gasteiger partial charge is 0.363 e. The number of carbonyl (C=O) groups excluding carboxylic acids is 1. The highest BCUT2D eigenvalue weighted by Crippen LogP contribution is 2.09. The molecule has 0 saturated carbocycles. The van der Waals surface area contributed by atoms with E-state index in [2.05, 4.69) is 4.98 Å². The molecule has 1 aromatic rings. The van der Waals surface area contributed by atoms with Gasteiger partial charge in [-0.1, -0.05) is 0 Å². The predicted molar refractivity (Wildman–Crippen MR) is 58.1 cm³/mol. The topological polar surface area (TPSA) is 76.3 Å². The van der Waals surface area contributed by atoms with E-state index in [1.807, 2.05) is 13.8 Å². The van der Waals surface area contributed by atoms with Crippen LogP contribution in [0.5, 0.6) is 0 Å². The monoisotopic (exact) mass is 223 g/mol. The third-order valence-corrected chi connectivity index (χ3v) is 2.23. The van der Waals surface area contributed by atoms with Crippen molar-refractivity contribution >= 4 is 11.7 Å². The van der Waals surface area contributed by atoms with Gasteiger partial charge in [0.15, 0.2) is 6.20 Å². The van der Waals surface area contributed by atoms with Crippen LogP contribution in [0.4, 0.5) is 5.82 Å².